The zero-order valence-corrected chi connectivity index (χ0v) is 24.0. The molecule has 1 unspecified atom stereocenters. The minimum Gasteiger partial charge on any atom is -0.493 e. The molecule has 2 aromatic heterocycles. The summed E-state index contributed by atoms with van der Waals surface area (Å²) < 4.78 is 13.6. The Kier molecular flexibility index (Phi) is 8.32. The van der Waals surface area contributed by atoms with Crippen molar-refractivity contribution in [2.24, 2.45) is 0 Å². The lowest BCUT2D eigenvalue weighted by Crippen LogP contribution is -2.40. The number of likely N-dealkylation sites (N-methyl/N-ethyl adjacent to an activating group) is 1. The summed E-state index contributed by atoms with van der Waals surface area (Å²) in [6.45, 7) is 1.83. The molecule has 0 saturated carbocycles. The number of nitrogen functional groups attached to an aromatic ring is 1. The first kappa shape index (κ1) is 28.3. The highest BCUT2D eigenvalue weighted by molar-refractivity contribution is 6.30. The average Bonchev–Trinajstić information content (AvgIpc) is 3.37. The number of nitrogens with two attached hydrogens (primary N) is 1. The number of anilines is 1. The molecule has 214 valence electrons. The maximum atomic E-state index is 13.1. The lowest BCUT2D eigenvalue weighted by atomic mass is 10.0. The Morgan fingerprint density at radius 3 is 2.83 bits per heavy atom. The van der Waals surface area contributed by atoms with E-state index in [4.69, 9.17) is 26.8 Å². The fraction of sp³-hybridized carbons (Fsp3) is 0.300. The number of carbonyl (C=O) groups is 1. The summed E-state index contributed by atoms with van der Waals surface area (Å²) in [4.78, 5) is 29.8. The van der Waals surface area contributed by atoms with Crippen molar-refractivity contribution in [3.8, 4) is 28.4 Å². The van der Waals surface area contributed by atoms with Crippen molar-refractivity contribution in [2.75, 3.05) is 46.6 Å². The first-order chi connectivity index (χ1) is 19.7. The fourth-order valence-electron chi connectivity index (χ4n) is 5.17. The standard InChI is InChI=1S/C30H33ClN6O4/c1-35(2)13-6-10-26(38)36-14-5-8-21(17-36)37-18-23(27-28(37)30(39)34-33-29(27)32)19-11-12-24(25(15-19)40-3)41-22-9-4-7-20(31)16-22/h4,6-7,9-12,15-16,18,21H,5,8,13-14,17H2,1-3H3,(H2,32,33)(H,34,39)/b10-6+. The molecule has 4 aromatic rings. The second-order valence-electron chi connectivity index (χ2n) is 10.3. The highest BCUT2D eigenvalue weighted by Gasteiger charge is 2.28. The van der Waals surface area contributed by atoms with Crippen molar-refractivity contribution in [3.05, 3.63) is 76.2 Å². The minimum absolute atomic E-state index is 0.0386. The number of aromatic amines is 1. The van der Waals surface area contributed by atoms with E-state index >= 15 is 0 Å². The number of benzene rings is 2. The van der Waals surface area contributed by atoms with E-state index in [-0.39, 0.29) is 23.3 Å². The monoisotopic (exact) mass is 576 g/mol. The third-order valence-corrected chi connectivity index (χ3v) is 7.35. The topological polar surface area (TPSA) is 119 Å². The van der Waals surface area contributed by atoms with Crippen LogP contribution >= 0.6 is 11.6 Å². The number of nitrogens with one attached hydrogen (secondary N) is 1. The molecule has 0 bridgehead atoms. The number of H-pyrrole nitrogens is 1. The normalized spacial score (nSPS) is 15.6. The lowest BCUT2D eigenvalue weighted by Gasteiger charge is -2.33. The van der Waals surface area contributed by atoms with Crippen LogP contribution in [-0.2, 0) is 4.79 Å². The van der Waals surface area contributed by atoms with E-state index in [1.807, 2.05) is 58.9 Å². The fourth-order valence-corrected chi connectivity index (χ4v) is 5.35. The van der Waals surface area contributed by atoms with Crippen LogP contribution in [0.5, 0.6) is 17.2 Å². The predicted molar refractivity (Wildman–Crippen MR) is 161 cm³/mol. The zero-order valence-electron chi connectivity index (χ0n) is 23.3. The highest BCUT2D eigenvalue weighted by atomic mass is 35.5. The molecule has 1 atom stereocenters. The smallest absolute Gasteiger partial charge is 0.288 e. The van der Waals surface area contributed by atoms with Gasteiger partial charge >= 0.3 is 0 Å². The van der Waals surface area contributed by atoms with E-state index < -0.39 is 0 Å². The second-order valence-corrected chi connectivity index (χ2v) is 10.7. The van der Waals surface area contributed by atoms with Gasteiger partial charge in [-0.1, -0.05) is 29.8 Å². The largest absolute Gasteiger partial charge is 0.493 e. The van der Waals surface area contributed by atoms with Crippen LogP contribution < -0.4 is 20.8 Å². The molecule has 1 saturated heterocycles. The number of likely N-dealkylation sites (tertiary alicyclic amines) is 1. The summed E-state index contributed by atoms with van der Waals surface area (Å²) in [5.74, 6) is 1.76. The van der Waals surface area contributed by atoms with Gasteiger partial charge in [-0.25, -0.2) is 5.10 Å². The Labute approximate surface area is 242 Å². The molecule has 11 heteroatoms. The Morgan fingerprint density at radius 1 is 1.24 bits per heavy atom. The molecular weight excluding hydrogens is 544 g/mol. The first-order valence-corrected chi connectivity index (χ1v) is 13.7. The number of ether oxygens (including phenoxy) is 2. The van der Waals surface area contributed by atoms with E-state index in [1.54, 1.807) is 37.5 Å². The van der Waals surface area contributed by atoms with Gasteiger partial charge in [-0.15, -0.1) is 0 Å². The van der Waals surface area contributed by atoms with E-state index in [0.717, 1.165) is 24.0 Å². The second kappa shape index (κ2) is 12.1. The number of hydrogen-bond acceptors (Lipinski definition) is 7. The van der Waals surface area contributed by atoms with Crippen LogP contribution in [0.15, 0.2) is 65.6 Å². The molecule has 1 amide bonds. The van der Waals surface area contributed by atoms with E-state index in [0.29, 0.717) is 52.8 Å². The molecule has 3 heterocycles. The van der Waals surface area contributed by atoms with Crippen LogP contribution in [0.3, 0.4) is 0 Å². The van der Waals surface area contributed by atoms with Crippen molar-refractivity contribution in [1.82, 2.24) is 24.6 Å². The van der Waals surface area contributed by atoms with Gasteiger partial charge in [0.15, 0.2) is 17.3 Å². The molecule has 0 spiro atoms. The van der Waals surface area contributed by atoms with Crippen molar-refractivity contribution in [3.63, 3.8) is 0 Å². The molecule has 2 aromatic carbocycles. The third kappa shape index (κ3) is 6.08. The van der Waals surface area contributed by atoms with Gasteiger partial charge in [-0.05, 0) is 62.8 Å². The van der Waals surface area contributed by atoms with Crippen LogP contribution in [0.2, 0.25) is 5.02 Å². The van der Waals surface area contributed by atoms with Crippen LogP contribution in [0.4, 0.5) is 5.82 Å². The molecule has 1 aliphatic heterocycles. The lowest BCUT2D eigenvalue weighted by molar-refractivity contribution is -0.127. The molecule has 10 nitrogen and oxygen atoms in total. The predicted octanol–water partition coefficient (Wildman–Crippen LogP) is 4.71. The molecule has 1 aliphatic rings. The van der Waals surface area contributed by atoms with Gasteiger partial charge in [-0.2, -0.15) is 5.10 Å². The summed E-state index contributed by atoms with van der Waals surface area (Å²) in [7, 11) is 5.47. The number of carbonyl (C=O) groups excluding carboxylic acids is 1. The van der Waals surface area contributed by atoms with E-state index in [1.165, 1.54) is 0 Å². The molecule has 5 rings (SSSR count). The maximum absolute atomic E-state index is 13.1. The Hall–Kier alpha value is -4.28. The van der Waals surface area contributed by atoms with Gasteiger partial charge in [0.25, 0.3) is 5.56 Å². The Bertz CT molecular complexity index is 1660. The quantitative estimate of drug-likeness (QED) is 0.292. The highest BCUT2D eigenvalue weighted by Crippen LogP contribution is 2.40. The van der Waals surface area contributed by atoms with Gasteiger partial charge in [-0.3, -0.25) is 9.59 Å². The number of aromatic nitrogens is 3. The summed E-state index contributed by atoms with van der Waals surface area (Å²) in [5.41, 5.74) is 7.93. The zero-order chi connectivity index (χ0) is 29.1. The van der Waals surface area contributed by atoms with E-state index in [2.05, 4.69) is 10.2 Å². The number of methoxy groups -OCH3 is 1. The molecule has 0 aliphatic carbocycles. The first-order valence-electron chi connectivity index (χ1n) is 13.4. The summed E-state index contributed by atoms with van der Waals surface area (Å²) >= 11 is 6.11. The average molecular weight is 577 g/mol. The summed E-state index contributed by atoms with van der Waals surface area (Å²) in [6.07, 6.45) is 7.03. The number of halogens is 1. The number of hydrogen-bond donors (Lipinski definition) is 2. The number of amides is 1. The van der Waals surface area contributed by atoms with Crippen molar-refractivity contribution < 1.29 is 14.3 Å². The summed E-state index contributed by atoms with van der Waals surface area (Å²) in [5, 5.41) is 7.68. The van der Waals surface area contributed by atoms with Gasteiger partial charge in [0, 0.05) is 42.5 Å². The van der Waals surface area contributed by atoms with Crippen LogP contribution in [-0.4, -0.2) is 71.3 Å². The number of rotatable bonds is 8. The molecular formula is C30H33ClN6O4. The van der Waals surface area contributed by atoms with Crippen LogP contribution in [0.1, 0.15) is 18.9 Å². The third-order valence-electron chi connectivity index (χ3n) is 7.11. The number of fused-ring (bicyclic) bond motifs is 1. The maximum Gasteiger partial charge on any atom is 0.288 e. The van der Waals surface area contributed by atoms with Gasteiger partial charge in [0.2, 0.25) is 5.91 Å². The summed E-state index contributed by atoms with van der Waals surface area (Å²) in [6, 6.07) is 12.5. The van der Waals surface area contributed by atoms with Crippen molar-refractivity contribution in [1.29, 1.82) is 0 Å². The number of nitrogens with zero attached hydrogens (tertiary/aromatic N) is 4. The van der Waals surface area contributed by atoms with Gasteiger partial charge in [0.05, 0.1) is 18.5 Å². The van der Waals surface area contributed by atoms with Gasteiger partial charge < -0.3 is 29.6 Å². The van der Waals surface area contributed by atoms with E-state index in [9.17, 15) is 9.59 Å². The Balaban J connectivity index is 1.51. The van der Waals surface area contributed by atoms with Crippen LogP contribution in [0, 0.1) is 0 Å². The van der Waals surface area contributed by atoms with Gasteiger partial charge in [0.1, 0.15) is 11.3 Å². The van der Waals surface area contributed by atoms with Crippen molar-refractivity contribution in [2.45, 2.75) is 18.9 Å². The Morgan fingerprint density at radius 2 is 2.07 bits per heavy atom. The van der Waals surface area contributed by atoms with Crippen molar-refractivity contribution >= 4 is 34.2 Å². The molecule has 3 N–H and O–H groups in total. The molecule has 1 fully saturated rings. The molecule has 41 heavy (non-hydrogen) atoms. The SMILES string of the molecule is COc1cc(-c2cn(C3CCCN(C(=O)/C=C/CN(C)C)C3)c3c(=O)[nH]nc(N)c23)ccc1Oc1cccc(Cl)c1. The number of piperidine rings is 1. The molecule has 0 radical (unpaired) electrons. The van der Waals surface area contributed by atoms with Crippen LogP contribution in [0.25, 0.3) is 22.0 Å². The minimum atomic E-state index is -0.345.